The number of methoxy groups -OCH3 is 1. The number of nitrogens with zero attached hydrogens (tertiary/aromatic N) is 1. The summed E-state index contributed by atoms with van der Waals surface area (Å²) in [4.78, 5) is 25.6. The first-order valence-corrected chi connectivity index (χ1v) is 9.39. The minimum atomic E-state index is -0.790. The van der Waals surface area contributed by atoms with E-state index in [4.69, 9.17) is 9.47 Å². The number of ether oxygens (including phenoxy) is 2. The summed E-state index contributed by atoms with van der Waals surface area (Å²) in [5, 5.41) is 12.2. The molecule has 0 bridgehead atoms. The number of hydrogen-bond donors (Lipinski definition) is 2. The Bertz CT molecular complexity index is 664. The van der Waals surface area contributed by atoms with Gasteiger partial charge in [-0.3, -0.25) is 14.5 Å². The first-order chi connectivity index (χ1) is 12.8. The molecular weight excluding hydrogens is 348 g/mol. The standard InChI is InChI=1S/C20H30N2O5/c1-5-27-17-7-6-15(9-18(17)26-4)14(3)21-19(23)12-22-10-13(2)8-16(11-22)20(24)25/h6-7,9,13-14,16H,5,8,10-12H2,1-4H3,(H,21,23)(H,24,25). The number of carboxylic acid groups (broad SMARTS) is 1. The predicted octanol–water partition coefficient (Wildman–Crippen LogP) is 2.31. The molecule has 1 saturated heterocycles. The van der Waals surface area contributed by atoms with E-state index >= 15 is 0 Å². The molecule has 150 valence electrons. The van der Waals surface area contributed by atoms with Gasteiger partial charge >= 0.3 is 5.97 Å². The summed E-state index contributed by atoms with van der Waals surface area (Å²) in [7, 11) is 1.58. The zero-order valence-corrected chi connectivity index (χ0v) is 16.5. The van der Waals surface area contributed by atoms with E-state index in [1.54, 1.807) is 7.11 Å². The fourth-order valence-corrected chi connectivity index (χ4v) is 3.57. The van der Waals surface area contributed by atoms with Crippen molar-refractivity contribution in [3.8, 4) is 11.5 Å². The van der Waals surface area contributed by atoms with Crippen LogP contribution in [-0.2, 0) is 9.59 Å². The SMILES string of the molecule is CCOc1ccc(C(C)NC(=O)CN2CC(C)CC(C(=O)O)C2)cc1OC. The molecule has 3 unspecified atom stereocenters. The van der Waals surface area contributed by atoms with Gasteiger partial charge in [-0.25, -0.2) is 0 Å². The lowest BCUT2D eigenvalue weighted by molar-refractivity contribution is -0.145. The molecule has 7 heteroatoms. The summed E-state index contributed by atoms with van der Waals surface area (Å²) in [6.45, 7) is 7.74. The van der Waals surface area contributed by atoms with Crippen LogP contribution in [0.5, 0.6) is 11.5 Å². The predicted molar refractivity (Wildman–Crippen MR) is 102 cm³/mol. The Kier molecular flexibility index (Phi) is 7.47. The number of likely N-dealkylation sites (tertiary alicyclic amines) is 1. The van der Waals surface area contributed by atoms with Crippen molar-refractivity contribution in [1.29, 1.82) is 0 Å². The Hall–Kier alpha value is -2.28. The first-order valence-electron chi connectivity index (χ1n) is 9.39. The molecule has 1 aromatic carbocycles. The number of piperidine rings is 1. The number of benzene rings is 1. The molecule has 1 aliphatic heterocycles. The Morgan fingerprint density at radius 3 is 2.70 bits per heavy atom. The van der Waals surface area contributed by atoms with Gasteiger partial charge in [0, 0.05) is 13.1 Å². The summed E-state index contributed by atoms with van der Waals surface area (Å²) < 4.78 is 10.9. The molecule has 0 aromatic heterocycles. The normalized spacial score (nSPS) is 21.3. The van der Waals surface area contributed by atoms with Gasteiger partial charge in [-0.05, 0) is 43.9 Å². The smallest absolute Gasteiger partial charge is 0.307 e. The molecule has 7 nitrogen and oxygen atoms in total. The lowest BCUT2D eigenvalue weighted by Gasteiger charge is -2.34. The quantitative estimate of drug-likeness (QED) is 0.722. The van der Waals surface area contributed by atoms with Crippen molar-refractivity contribution < 1.29 is 24.2 Å². The van der Waals surface area contributed by atoms with Crippen molar-refractivity contribution in [3.05, 3.63) is 23.8 Å². The highest BCUT2D eigenvalue weighted by Crippen LogP contribution is 2.30. The highest BCUT2D eigenvalue weighted by atomic mass is 16.5. The molecule has 1 aromatic rings. The van der Waals surface area contributed by atoms with Gasteiger partial charge in [-0.1, -0.05) is 13.0 Å². The van der Waals surface area contributed by atoms with Gasteiger partial charge in [0.15, 0.2) is 11.5 Å². The second-order valence-corrected chi connectivity index (χ2v) is 7.20. The van der Waals surface area contributed by atoms with Gasteiger partial charge in [0.25, 0.3) is 0 Å². The Morgan fingerprint density at radius 2 is 2.07 bits per heavy atom. The van der Waals surface area contributed by atoms with Gasteiger partial charge in [-0.2, -0.15) is 0 Å². The highest BCUT2D eigenvalue weighted by Gasteiger charge is 2.30. The van der Waals surface area contributed by atoms with Crippen LogP contribution in [0.15, 0.2) is 18.2 Å². The van der Waals surface area contributed by atoms with Crippen molar-refractivity contribution in [2.24, 2.45) is 11.8 Å². The number of rotatable bonds is 8. The highest BCUT2D eigenvalue weighted by molar-refractivity contribution is 5.78. The van der Waals surface area contributed by atoms with E-state index in [1.807, 2.05) is 43.9 Å². The Balaban J connectivity index is 1.96. The lowest BCUT2D eigenvalue weighted by atomic mass is 9.90. The maximum atomic E-state index is 12.4. The van der Waals surface area contributed by atoms with Crippen LogP contribution in [0.1, 0.15) is 38.8 Å². The van der Waals surface area contributed by atoms with Crippen LogP contribution in [0, 0.1) is 11.8 Å². The minimum absolute atomic E-state index is 0.117. The molecule has 2 rings (SSSR count). The zero-order chi connectivity index (χ0) is 20.0. The van der Waals surface area contributed by atoms with Gasteiger partial charge in [0.1, 0.15) is 0 Å². The number of carbonyl (C=O) groups excluding carboxylic acids is 1. The van der Waals surface area contributed by atoms with Gasteiger partial charge in [0.05, 0.1) is 32.2 Å². The van der Waals surface area contributed by atoms with Crippen molar-refractivity contribution >= 4 is 11.9 Å². The average Bonchev–Trinajstić information content (AvgIpc) is 2.61. The number of carboxylic acids is 1. The van der Waals surface area contributed by atoms with Gasteiger partial charge in [-0.15, -0.1) is 0 Å². The summed E-state index contributed by atoms with van der Waals surface area (Å²) in [6.07, 6.45) is 0.663. The van der Waals surface area contributed by atoms with Crippen molar-refractivity contribution in [2.75, 3.05) is 33.4 Å². The van der Waals surface area contributed by atoms with Crippen LogP contribution < -0.4 is 14.8 Å². The first kappa shape index (κ1) is 21.0. The molecular formula is C20H30N2O5. The lowest BCUT2D eigenvalue weighted by Crippen LogP contribution is -2.47. The molecule has 1 heterocycles. The number of aliphatic carboxylic acids is 1. The maximum Gasteiger partial charge on any atom is 0.307 e. The molecule has 0 saturated carbocycles. The molecule has 0 spiro atoms. The third-order valence-electron chi connectivity index (χ3n) is 4.82. The average molecular weight is 378 g/mol. The van der Waals surface area contributed by atoms with Crippen molar-refractivity contribution in [2.45, 2.75) is 33.2 Å². The van der Waals surface area contributed by atoms with Crippen LogP contribution in [0.2, 0.25) is 0 Å². The molecule has 1 amide bonds. The molecule has 0 aliphatic carbocycles. The van der Waals surface area contributed by atoms with Crippen LogP contribution >= 0.6 is 0 Å². The fourth-order valence-electron chi connectivity index (χ4n) is 3.57. The van der Waals surface area contributed by atoms with Gasteiger partial charge < -0.3 is 19.9 Å². The number of carbonyl (C=O) groups is 2. The van der Waals surface area contributed by atoms with Crippen LogP contribution in [0.4, 0.5) is 0 Å². The minimum Gasteiger partial charge on any atom is -0.493 e. The van der Waals surface area contributed by atoms with E-state index in [2.05, 4.69) is 5.32 Å². The fraction of sp³-hybridized carbons (Fsp3) is 0.600. The number of hydrogen-bond acceptors (Lipinski definition) is 5. The van der Waals surface area contributed by atoms with E-state index < -0.39 is 11.9 Å². The van der Waals surface area contributed by atoms with Crippen molar-refractivity contribution in [1.82, 2.24) is 10.2 Å². The van der Waals surface area contributed by atoms with Gasteiger partial charge in [0.2, 0.25) is 5.91 Å². The molecule has 1 fully saturated rings. The summed E-state index contributed by atoms with van der Waals surface area (Å²) in [5.41, 5.74) is 0.916. The maximum absolute atomic E-state index is 12.4. The molecule has 1 aliphatic rings. The molecule has 3 atom stereocenters. The van der Waals surface area contributed by atoms with E-state index in [0.717, 1.165) is 12.1 Å². The Labute approximate surface area is 160 Å². The van der Waals surface area contributed by atoms with E-state index in [-0.39, 0.29) is 24.4 Å². The molecule has 2 N–H and O–H groups in total. The van der Waals surface area contributed by atoms with E-state index in [9.17, 15) is 14.7 Å². The third kappa shape index (κ3) is 5.85. The largest absolute Gasteiger partial charge is 0.493 e. The molecule has 27 heavy (non-hydrogen) atoms. The number of amides is 1. The van der Waals surface area contributed by atoms with Crippen LogP contribution in [-0.4, -0.2) is 55.2 Å². The Morgan fingerprint density at radius 1 is 1.33 bits per heavy atom. The number of nitrogens with one attached hydrogen (secondary N) is 1. The topological polar surface area (TPSA) is 88.1 Å². The second kappa shape index (κ2) is 9.60. The summed E-state index contributed by atoms with van der Waals surface area (Å²) in [5.74, 6) is 0.249. The van der Waals surface area contributed by atoms with Crippen LogP contribution in [0.25, 0.3) is 0 Å². The van der Waals surface area contributed by atoms with Crippen molar-refractivity contribution in [3.63, 3.8) is 0 Å². The summed E-state index contributed by atoms with van der Waals surface area (Å²) >= 11 is 0. The van der Waals surface area contributed by atoms with E-state index in [0.29, 0.717) is 31.1 Å². The van der Waals surface area contributed by atoms with Crippen LogP contribution in [0.3, 0.4) is 0 Å². The molecule has 0 radical (unpaired) electrons. The second-order valence-electron chi connectivity index (χ2n) is 7.20. The van der Waals surface area contributed by atoms with E-state index in [1.165, 1.54) is 0 Å². The zero-order valence-electron chi connectivity index (χ0n) is 16.5. The third-order valence-corrected chi connectivity index (χ3v) is 4.82. The monoisotopic (exact) mass is 378 g/mol. The summed E-state index contributed by atoms with van der Waals surface area (Å²) in [6, 6.07) is 5.41.